The number of nitrogens with two attached hydrogens (primary N) is 1. The van der Waals surface area contributed by atoms with Crippen LogP contribution in [0.3, 0.4) is 0 Å². The molecule has 2 aromatic heterocycles. The molecule has 0 radical (unpaired) electrons. The van der Waals surface area contributed by atoms with Crippen molar-refractivity contribution in [2.75, 3.05) is 12.8 Å². The molecular weight excluding hydrogens is 282 g/mol. The smallest absolute Gasteiger partial charge is 0.248 e. The average molecular weight is 297 g/mol. The molecule has 0 atom stereocenters. The molecule has 0 unspecified atom stereocenters. The number of anilines is 1. The van der Waals surface area contributed by atoms with Gasteiger partial charge in [0.1, 0.15) is 22.4 Å². The molecule has 3 N–H and O–H groups in total. The van der Waals surface area contributed by atoms with Crippen molar-refractivity contribution in [2.24, 2.45) is 0 Å². The van der Waals surface area contributed by atoms with Crippen molar-refractivity contribution < 1.29 is 8.42 Å². The first-order chi connectivity index (χ1) is 9.50. The number of H-pyrrole nitrogens is 1. The largest absolute Gasteiger partial charge is 0.383 e. The third-order valence-corrected chi connectivity index (χ3v) is 5.20. The highest BCUT2D eigenvalue weighted by molar-refractivity contribution is 7.89. The van der Waals surface area contributed by atoms with E-state index in [1.54, 1.807) is 0 Å². The van der Waals surface area contributed by atoms with Gasteiger partial charge in [-0.05, 0) is 6.42 Å². The first kappa shape index (κ1) is 13.1. The number of nitrogens with zero attached hydrogens (tertiary/aromatic N) is 5. The van der Waals surface area contributed by atoms with Crippen LogP contribution < -0.4 is 5.73 Å². The van der Waals surface area contributed by atoms with Gasteiger partial charge in [0.25, 0.3) is 0 Å². The number of nitrogens with one attached hydrogen (secondary N) is 1. The molecule has 1 aliphatic rings. The van der Waals surface area contributed by atoms with E-state index in [0.717, 1.165) is 25.2 Å². The van der Waals surface area contributed by atoms with Crippen LogP contribution in [0.25, 0.3) is 0 Å². The van der Waals surface area contributed by atoms with Gasteiger partial charge in [-0.25, -0.2) is 8.42 Å². The minimum atomic E-state index is -3.69. The first-order valence-corrected chi connectivity index (χ1v) is 7.60. The van der Waals surface area contributed by atoms with Crippen LogP contribution in [0.1, 0.15) is 18.1 Å². The van der Waals surface area contributed by atoms with Crippen LogP contribution in [0.15, 0.2) is 11.1 Å². The van der Waals surface area contributed by atoms with Gasteiger partial charge in [0, 0.05) is 20.0 Å². The van der Waals surface area contributed by atoms with E-state index >= 15 is 0 Å². The van der Waals surface area contributed by atoms with Gasteiger partial charge in [-0.1, -0.05) is 0 Å². The summed E-state index contributed by atoms with van der Waals surface area (Å²) in [5.74, 6) is 1.59. The maximum Gasteiger partial charge on any atom is 0.248 e. The van der Waals surface area contributed by atoms with Crippen molar-refractivity contribution in [3.63, 3.8) is 0 Å². The van der Waals surface area contributed by atoms with E-state index < -0.39 is 10.0 Å². The maximum absolute atomic E-state index is 12.4. The van der Waals surface area contributed by atoms with Gasteiger partial charge in [0.2, 0.25) is 10.0 Å². The Bertz CT molecular complexity index is 733. The van der Waals surface area contributed by atoms with E-state index in [0.29, 0.717) is 5.82 Å². The van der Waals surface area contributed by atoms with Crippen LogP contribution in [0, 0.1) is 0 Å². The zero-order valence-electron chi connectivity index (χ0n) is 10.9. The number of aryl methyl sites for hydroxylation is 1. The number of hydrogen-bond donors (Lipinski definition) is 2. The number of aromatic nitrogens is 5. The van der Waals surface area contributed by atoms with E-state index in [2.05, 4.69) is 20.4 Å². The average Bonchev–Trinajstić information content (AvgIpc) is 3.07. The van der Waals surface area contributed by atoms with Crippen molar-refractivity contribution >= 4 is 15.8 Å². The van der Waals surface area contributed by atoms with Crippen molar-refractivity contribution in [3.05, 3.63) is 17.8 Å². The standard InChI is InChI=1S/C10H15N7O2S/c1-16(20(18,19)7-5-12-15-10(7)11)6-9-14-13-8-3-2-4-17(8)9/h5H,2-4,6H2,1H3,(H3,11,12,15). The molecule has 9 nitrogen and oxygen atoms in total. The molecule has 1 aliphatic heterocycles. The van der Waals surface area contributed by atoms with E-state index in [1.165, 1.54) is 17.5 Å². The van der Waals surface area contributed by atoms with Gasteiger partial charge in [-0.3, -0.25) is 5.10 Å². The van der Waals surface area contributed by atoms with Gasteiger partial charge in [0.05, 0.1) is 12.7 Å². The molecule has 108 valence electrons. The number of fused-ring (bicyclic) bond motifs is 1. The zero-order chi connectivity index (χ0) is 14.3. The summed E-state index contributed by atoms with van der Waals surface area (Å²) in [5.41, 5.74) is 5.57. The van der Waals surface area contributed by atoms with Crippen LogP contribution in [0.4, 0.5) is 5.82 Å². The topological polar surface area (TPSA) is 123 Å². The fourth-order valence-corrected chi connectivity index (χ4v) is 3.40. The molecule has 0 spiro atoms. The fourth-order valence-electron chi connectivity index (χ4n) is 2.27. The van der Waals surface area contributed by atoms with Gasteiger partial charge >= 0.3 is 0 Å². The highest BCUT2D eigenvalue weighted by atomic mass is 32.2. The van der Waals surface area contributed by atoms with Gasteiger partial charge in [-0.15, -0.1) is 10.2 Å². The summed E-state index contributed by atoms with van der Waals surface area (Å²) in [6.07, 6.45) is 3.11. The lowest BCUT2D eigenvalue weighted by atomic mass is 10.4. The first-order valence-electron chi connectivity index (χ1n) is 6.16. The summed E-state index contributed by atoms with van der Waals surface area (Å²) in [5, 5.41) is 14.2. The van der Waals surface area contributed by atoms with E-state index in [1.807, 2.05) is 4.57 Å². The second kappa shape index (κ2) is 4.56. The predicted molar refractivity (Wildman–Crippen MR) is 70.0 cm³/mol. The summed E-state index contributed by atoms with van der Waals surface area (Å²) in [7, 11) is -2.20. The molecule has 3 rings (SSSR count). The summed E-state index contributed by atoms with van der Waals surface area (Å²) in [4.78, 5) is -0.0267. The molecule has 20 heavy (non-hydrogen) atoms. The highest BCUT2D eigenvalue weighted by Crippen LogP contribution is 2.21. The predicted octanol–water partition coefficient (Wildman–Crippen LogP) is -0.650. The molecule has 0 bridgehead atoms. The quantitative estimate of drug-likeness (QED) is 0.773. The van der Waals surface area contributed by atoms with Crippen LogP contribution in [0.5, 0.6) is 0 Å². The Hall–Kier alpha value is -1.94. The normalized spacial score (nSPS) is 14.9. The molecular formula is C10H15N7O2S. The summed E-state index contributed by atoms with van der Waals surface area (Å²) >= 11 is 0. The number of hydrogen-bond acceptors (Lipinski definition) is 6. The van der Waals surface area contributed by atoms with E-state index in [4.69, 9.17) is 5.73 Å². The van der Waals surface area contributed by atoms with Crippen molar-refractivity contribution in [1.82, 2.24) is 29.3 Å². The van der Waals surface area contributed by atoms with E-state index in [9.17, 15) is 8.42 Å². The van der Waals surface area contributed by atoms with Crippen LogP contribution >= 0.6 is 0 Å². The summed E-state index contributed by atoms with van der Waals surface area (Å²) < 4.78 is 27.9. The number of aromatic amines is 1. The molecule has 0 fully saturated rings. The molecule has 3 heterocycles. The molecule has 0 saturated carbocycles. The lowest BCUT2D eigenvalue weighted by molar-refractivity contribution is 0.447. The Morgan fingerprint density at radius 2 is 2.30 bits per heavy atom. The molecule has 0 amide bonds. The lowest BCUT2D eigenvalue weighted by Crippen LogP contribution is -2.28. The molecule has 0 aliphatic carbocycles. The number of nitrogen functional groups attached to an aromatic ring is 1. The van der Waals surface area contributed by atoms with E-state index in [-0.39, 0.29) is 17.3 Å². The molecule has 2 aromatic rings. The molecule has 0 saturated heterocycles. The summed E-state index contributed by atoms with van der Waals surface area (Å²) in [6, 6.07) is 0. The number of sulfonamides is 1. The Balaban J connectivity index is 1.86. The van der Waals surface area contributed by atoms with Gasteiger partial charge in [-0.2, -0.15) is 9.40 Å². The molecule has 10 heteroatoms. The minimum absolute atomic E-state index is 0.0267. The third kappa shape index (κ3) is 1.96. The Morgan fingerprint density at radius 3 is 3.00 bits per heavy atom. The SMILES string of the molecule is CN(Cc1nnc2n1CCC2)S(=O)(=O)c1cn[nH]c1N. The van der Waals surface area contributed by atoms with Gasteiger partial charge < -0.3 is 10.3 Å². The van der Waals surface area contributed by atoms with Crippen LogP contribution in [-0.4, -0.2) is 44.7 Å². The molecule has 0 aromatic carbocycles. The van der Waals surface area contributed by atoms with Crippen LogP contribution in [0.2, 0.25) is 0 Å². The van der Waals surface area contributed by atoms with Crippen molar-refractivity contribution in [2.45, 2.75) is 30.8 Å². The maximum atomic E-state index is 12.4. The van der Waals surface area contributed by atoms with Crippen molar-refractivity contribution in [1.29, 1.82) is 0 Å². The van der Waals surface area contributed by atoms with Crippen LogP contribution in [-0.2, 0) is 29.5 Å². The Kier molecular flexibility index (Phi) is 2.98. The Morgan fingerprint density at radius 1 is 1.50 bits per heavy atom. The minimum Gasteiger partial charge on any atom is -0.383 e. The van der Waals surface area contributed by atoms with Crippen molar-refractivity contribution in [3.8, 4) is 0 Å². The lowest BCUT2D eigenvalue weighted by Gasteiger charge is -2.16. The number of rotatable bonds is 4. The zero-order valence-corrected chi connectivity index (χ0v) is 11.8. The monoisotopic (exact) mass is 297 g/mol. The Labute approximate surface area is 115 Å². The highest BCUT2D eigenvalue weighted by Gasteiger charge is 2.27. The fraction of sp³-hybridized carbons (Fsp3) is 0.500. The second-order valence-corrected chi connectivity index (χ2v) is 6.71. The summed E-state index contributed by atoms with van der Waals surface area (Å²) in [6.45, 7) is 0.985. The second-order valence-electron chi connectivity index (χ2n) is 4.70. The van der Waals surface area contributed by atoms with Gasteiger partial charge in [0.15, 0.2) is 0 Å². The third-order valence-electron chi connectivity index (χ3n) is 3.37.